The third-order valence-corrected chi connectivity index (χ3v) is 11.1. The quantitative estimate of drug-likeness (QED) is 0.643. The number of rotatable bonds is 2. The Kier molecular flexibility index (Phi) is 2.50. The summed E-state index contributed by atoms with van der Waals surface area (Å²) in [7, 11) is 0. The summed E-state index contributed by atoms with van der Waals surface area (Å²) in [6.07, 6.45) is 2.25. The Morgan fingerprint density at radius 3 is 2.00 bits per heavy atom. The fraction of sp³-hybridized carbons (Fsp3) is 0.778. The minimum absolute atomic E-state index is 0.0337. The van der Waals surface area contributed by atoms with Crippen molar-refractivity contribution in [3.63, 3.8) is 0 Å². The van der Waals surface area contributed by atoms with Crippen LogP contribution in [0.5, 0.6) is 0 Å². The van der Waals surface area contributed by atoms with Crippen LogP contribution in [0.15, 0.2) is 11.0 Å². The van der Waals surface area contributed by atoms with Crippen LogP contribution in [-0.2, 0) is 3.76 Å². The molecule has 0 aromatic carbocycles. The van der Waals surface area contributed by atoms with Crippen LogP contribution in [0.2, 0.25) is 10.5 Å². The van der Waals surface area contributed by atoms with Crippen molar-refractivity contribution in [2.75, 3.05) is 0 Å². The molecule has 0 aromatic rings. The first-order valence-electron chi connectivity index (χ1n) is 4.44. The molecule has 1 aliphatic rings. The molecule has 1 aliphatic heterocycles. The Bertz CT molecular complexity index is 168. The van der Waals surface area contributed by atoms with E-state index in [1.54, 1.807) is 0 Å². The van der Waals surface area contributed by atoms with Crippen LogP contribution in [0.1, 0.15) is 27.7 Å². The second-order valence-electron chi connectivity index (χ2n) is 3.81. The Morgan fingerprint density at radius 1 is 1.27 bits per heavy atom. The van der Waals surface area contributed by atoms with Crippen molar-refractivity contribution in [1.82, 2.24) is 0 Å². The summed E-state index contributed by atoms with van der Waals surface area (Å²) in [5, 5.41) is 2.52. The van der Waals surface area contributed by atoms with Crippen LogP contribution >= 0.6 is 0 Å². The van der Waals surface area contributed by atoms with Crippen LogP contribution in [0.4, 0.5) is 0 Å². The van der Waals surface area contributed by atoms with E-state index in [2.05, 4.69) is 38.7 Å². The normalized spacial score (nSPS) is 25.8. The van der Waals surface area contributed by atoms with Gasteiger partial charge >= 0.3 is 72.2 Å². The van der Waals surface area contributed by atoms with Crippen LogP contribution in [0.3, 0.4) is 0 Å². The van der Waals surface area contributed by atoms with Gasteiger partial charge in [0.15, 0.2) is 0 Å². The zero-order valence-corrected chi connectivity index (χ0v) is 10.1. The van der Waals surface area contributed by atoms with Crippen molar-refractivity contribution in [1.29, 1.82) is 0 Å². The summed E-state index contributed by atoms with van der Waals surface area (Å²) in [6, 6.07) is 0. The Balaban J connectivity index is 2.73. The van der Waals surface area contributed by atoms with E-state index >= 15 is 0 Å². The Hall–Kier alpha value is 0.243. The maximum absolute atomic E-state index is 6.11. The molecule has 0 unspecified atom stereocenters. The molecular weight excluding hydrogens is 197 g/mol. The average Bonchev–Trinajstić information content (AvgIpc) is 2.28. The van der Waals surface area contributed by atoms with Crippen molar-refractivity contribution in [2.45, 2.75) is 43.8 Å². The molecular formula is C9H18GeO. The standard InChI is InChI=1S/C9H18GeO/c1-5-10(6-2)8-7-9(3,4)11-10/h7-8H,5-6H2,1-4H3. The molecule has 64 valence electrons. The fourth-order valence-corrected chi connectivity index (χ4v) is 8.18. The summed E-state index contributed by atoms with van der Waals surface area (Å²) < 4.78 is 6.11. The first kappa shape index (κ1) is 9.33. The molecule has 0 atom stereocenters. The molecule has 0 saturated carbocycles. The molecule has 0 aromatic heterocycles. The summed E-state index contributed by atoms with van der Waals surface area (Å²) in [4.78, 5) is 2.40. The van der Waals surface area contributed by atoms with Gasteiger partial charge < -0.3 is 0 Å². The van der Waals surface area contributed by atoms with E-state index in [-0.39, 0.29) is 5.60 Å². The average molecular weight is 215 g/mol. The zero-order chi connectivity index (χ0) is 8.54. The van der Waals surface area contributed by atoms with E-state index in [9.17, 15) is 0 Å². The monoisotopic (exact) mass is 216 g/mol. The van der Waals surface area contributed by atoms with E-state index < -0.39 is 13.6 Å². The Morgan fingerprint density at radius 2 is 1.82 bits per heavy atom. The van der Waals surface area contributed by atoms with Crippen LogP contribution < -0.4 is 0 Å². The van der Waals surface area contributed by atoms with Gasteiger partial charge in [-0.1, -0.05) is 0 Å². The molecule has 0 saturated heterocycles. The van der Waals surface area contributed by atoms with E-state index in [0.717, 1.165) is 0 Å². The van der Waals surface area contributed by atoms with Gasteiger partial charge in [-0.2, -0.15) is 0 Å². The molecule has 2 heteroatoms. The summed E-state index contributed by atoms with van der Waals surface area (Å²) >= 11 is -1.90. The summed E-state index contributed by atoms with van der Waals surface area (Å²) in [5.74, 6) is 0. The van der Waals surface area contributed by atoms with Crippen LogP contribution in [0.25, 0.3) is 0 Å². The maximum atomic E-state index is 6.11. The second kappa shape index (κ2) is 2.94. The molecule has 0 fully saturated rings. The van der Waals surface area contributed by atoms with Gasteiger partial charge in [0, 0.05) is 0 Å². The van der Waals surface area contributed by atoms with Crippen LogP contribution in [0, 0.1) is 0 Å². The number of hydrogen-bond donors (Lipinski definition) is 0. The van der Waals surface area contributed by atoms with Crippen molar-refractivity contribution in [3.05, 3.63) is 11.0 Å². The predicted octanol–water partition coefficient (Wildman–Crippen LogP) is 2.88. The van der Waals surface area contributed by atoms with Crippen molar-refractivity contribution < 1.29 is 3.76 Å². The first-order valence-corrected chi connectivity index (χ1v) is 9.48. The van der Waals surface area contributed by atoms with E-state index in [4.69, 9.17) is 3.76 Å². The van der Waals surface area contributed by atoms with Crippen molar-refractivity contribution in [3.8, 4) is 0 Å². The molecule has 1 heterocycles. The van der Waals surface area contributed by atoms with Gasteiger partial charge in [-0.25, -0.2) is 0 Å². The Labute approximate surface area is 72.5 Å². The predicted molar refractivity (Wildman–Crippen MR) is 51.0 cm³/mol. The second-order valence-corrected chi connectivity index (χ2v) is 12.4. The summed E-state index contributed by atoms with van der Waals surface area (Å²) in [5.41, 5.74) is 0.0337. The van der Waals surface area contributed by atoms with Crippen molar-refractivity contribution >= 4 is 13.6 Å². The van der Waals surface area contributed by atoms with Crippen molar-refractivity contribution in [2.24, 2.45) is 0 Å². The van der Waals surface area contributed by atoms with Gasteiger partial charge in [-0.3, -0.25) is 0 Å². The third kappa shape index (κ3) is 1.88. The molecule has 1 nitrogen and oxygen atoms in total. The SMILES string of the molecule is C[CH2][Ge]1([CH2]C)[CH]=CC(C)(C)[O]1. The van der Waals surface area contributed by atoms with Gasteiger partial charge in [0.25, 0.3) is 0 Å². The topological polar surface area (TPSA) is 9.23 Å². The van der Waals surface area contributed by atoms with E-state index in [1.807, 2.05) is 0 Å². The van der Waals surface area contributed by atoms with E-state index in [1.165, 1.54) is 10.5 Å². The molecule has 0 spiro atoms. The molecule has 0 N–H and O–H groups in total. The van der Waals surface area contributed by atoms with Gasteiger partial charge in [0.05, 0.1) is 0 Å². The van der Waals surface area contributed by atoms with Gasteiger partial charge in [0.1, 0.15) is 0 Å². The zero-order valence-electron chi connectivity index (χ0n) is 7.98. The molecule has 1 rings (SSSR count). The van der Waals surface area contributed by atoms with Gasteiger partial charge in [-0.15, -0.1) is 0 Å². The van der Waals surface area contributed by atoms with Gasteiger partial charge in [-0.05, 0) is 0 Å². The molecule has 0 bridgehead atoms. The molecule has 11 heavy (non-hydrogen) atoms. The first-order chi connectivity index (χ1) is 5.04. The summed E-state index contributed by atoms with van der Waals surface area (Å²) in [6.45, 7) is 8.83. The van der Waals surface area contributed by atoms with Crippen LogP contribution in [-0.4, -0.2) is 19.2 Å². The minimum atomic E-state index is -1.90. The molecule has 0 radical (unpaired) electrons. The number of hydrogen-bond acceptors (Lipinski definition) is 1. The molecule has 0 amide bonds. The van der Waals surface area contributed by atoms with Gasteiger partial charge in [0.2, 0.25) is 0 Å². The molecule has 0 aliphatic carbocycles. The fourth-order valence-electron chi connectivity index (χ4n) is 1.57. The third-order valence-electron chi connectivity index (χ3n) is 2.45. The van der Waals surface area contributed by atoms with E-state index in [0.29, 0.717) is 0 Å².